The van der Waals surface area contributed by atoms with Gasteiger partial charge in [-0.05, 0) is 43.9 Å². The van der Waals surface area contributed by atoms with E-state index >= 15 is 0 Å². The molecule has 0 spiro atoms. The van der Waals surface area contributed by atoms with Gasteiger partial charge in [0.1, 0.15) is 0 Å². The SMILES string of the molecule is CCn1cc(C2(O)CCC(C(C)(C)CC)CC2)cn1. The first-order valence-electron chi connectivity index (χ1n) is 7.66. The fourth-order valence-electron chi connectivity index (χ4n) is 3.23. The molecular formula is C16H28N2O. The molecule has 2 rings (SSSR count). The van der Waals surface area contributed by atoms with Crippen molar-refractivity contribution in [2.45, 2.75) is 71.9 Å². The largest absolute Gasteiger partial charge is 0.385 e. The molecule has 19 heavy (non-hydrogen) atoms. The van der Waals surface area contributed by atoms with Crippen LogP contribution in [0.3, 0.4) is 0 Å². The molecule has 0 aromatic carbocycles. The zero-order valence-corrected chi connectivity index (χ0v) is 12.8. The molecule has 0 unspecified atom stereocenters. The highest BCUT2D eigenvalue weighted by molar-refractivity contribution is 5.16. The van der Waals surface area contributed by atoms with Gasteiger partial charge in [0.25, 0.3) is 0 Å². The highest BCUT2D eigenvalue weighted by Gasteiger charge is 2.39. The van der Waals surface area contributed by atoms with Crippen LogP contribution in [0.1, 0.15) is 65.4 Å². The maximum absolute atomic E-state index is 10.9. The summed E-state index contributed by atoms with van der Waals surface area (Å²) >= 11 is 0. The van der Waals surface area contributed by atoms with Gasteiger partial charge in [0.05, 0.1) is 11.8 Å². The molecule has 1 saturated carbocycles. The number of hydrogen-bond acceptors (Lipinski definition) is 2. The lowest BCUT2D eigenvalue weighted by Gasteiger charge is -2.42. The van der Waals surface area contributed by atoms with E-state index in [-0.39, 0.29) is 0 Å². The molecule has 1 aliphatic rings. The van der Waals surface area contributed by atoms with Crippen molar-refractivity contribution in [1.82, 2.24) is 9.78 Å². The minimum Gasteiger partial charge on any atom is -0.385 e. The zero-order chi connectivity index (χ0) is 14.1. The van der Waals surface area contributed by atoms with Crippen LogP contribution in [-0.4, -0.2) is 14.9 Å². The van der Waals surface area contributed by atoms with Crippen molar-refractivity contribution in [1.29, 1.82) is 0 Å². The molecule has 0 atom stereocenters. The van der Waals surface area contributed by atoms with Crippen molar-refractivity contribution in [2.24, 2.45) is 11.3 Å². The van der Waals surface area contributed by atoms with E-state index in [0.717, 1.165) is 43.7 Å². The van der Waals surface area contributed by atoms with Crippen LogP contribution in [0.25, 0.3) is 0 Å². The van der Waals surface area contributed by atoms with Gasteiger partial charge in [-0.15, -0.1) is 0 Å². The van der Waals surface area contributed by atoms with Crippen LogP contribution in [0, 0.1) is 11.3 Å². The van der Waals surface area contributed by atoms with Crippen molar-refractivity contribution in [3.63, 3.8) is 0 Å². The monoisotopic (exact) mass is 264 g/mol. The molecule has 1 aromatic rings. The second-order valence-electron chi connectivity index (χ2n) is 6.73. The van der Waals surface area contributed by atoms with Crippen LogP contribution in [-0.2, 0) is 12.1 Å². The zero-order valence-electron chi connectivity index (χ0n) is 12.8. The van der Waals surface area contributed by atoms with Gasteiger partial charge in [0.15, 0.2) is 0 Å². The number of hydrogen-bond donors (Lipinski definition) is 1. The van der Waals surface area contributed by atoms with Crippen LogP contribution in [0.4, 0.5) is 0 Å². The standard InChI is InChI=1S/C16H28N2O/c1-5-15(3,4)13-7-9-16(19,10-8-13)14-11-17-18(6-2)12-14/h11-13,19H,5-10H2,1-4H3. The van der Waals surface area contributed by atoms with E-state index in [2.05, 4.69) is 32.8 Å². The molecule has 3 nitrogen and oxygen atoms in total. The average molecular weight is 264 g/mol. The molecule has 0 saturated heterocycles. The van der Waals surface area contributed by atoms with Crippen molar-refractivity contribution < 1.29 is 5.11 Å². The molecule has 1 heterocycles. The molecule has 1 N–H and O–H groups in total. The predicted molar refractivity (Wildman–Crippen MR) is 77.8 cm³/mol. The Kier molecular flexibility index (Phi) is 4.05. The molecule has 1 aromatic heterocycles. The van der Waals surface area contributed by atoms with E-state index in [4.69, 9.17) is 0 Å². The molecule has 0 amide bonds. The Hall–Kier alpha value is -0.830. The van der Waals surface area contributed by atoms with Crippen molar-refractivity contribution in [3.8, 4) is 0 Å². The Morgan fingerprint density at radius 1 is 1.37 bits per heavy atom. The van der Waals surface area contributed by atoms with Gasteiger partial charge in [-0.2, -0.15) is 5.10 Å². The molecule has 1 aliphatic carbocycles. The van der Waals surface area contributed by atoms with Crippen molar-refractivity contribution in [2.75, 3.05) is 0 Å². The average Bonchev–Trinajstić information content (AvgIpc) is 2.89. The van der Waals surface area contributed by atoms with Crippen molar-refractivity contribution >= 4 is 0 Å². The summed E-state index contributed by atoms with van der Waals surface area (Å²) in [5, 5.41) is 15.2. The fraction of sp³-hybridized carbons (Fsp3) is 0.812. The van der Waals surface area contributed by atoms with Gasteiger partial charge in [-0.25, -0.2) is 0 Å². The van der Waals surface area contributed by atoms with Crippen molar-refractivity contribution in [3.05, 3.63) is 18.0 Å². The van der Waals surface area contributed by atoms with E-state index in [1.807, 2.05) is 17.1 Å². The topological polar surface area (TPSA) is 38.0 Å². The molecule has 0 aliphatic heterocycles. The maximum atomic E-state index is 10.9. The summed E-state index contributed by atoms with van der Waals surface area (Å²) in [5.41, 5.74) is 0.755. The van der Waals surface area contributed by atoms with E-state index in [0.29, 0.717) is 5.41 Å². The summed E-state index contributed by atoms with van der Waals surface area (Å²) in [4.78, 5) is 0. The minimum atomic E-state index is -0.645. The predicted octanol–water partition coefficient (Wildman–Crippen LogP) is 3.72. The van der Waals surface area contributed by atoms with E-state index in [9.17, 15) is 5.11 Å². The quantitative estimate of drug-likeness (QED) is 0.900. The first-order chi connectivity index (χ1) is 8.91. The van der Waals surface area contributed by atoms with Crippen LogP contribution in [0.5, 0.6) is 0 Å². The van der Waals surface area contributed by atoms with E-state index < -0.39 is 5.60 Å². The molecule has 0 bridgehead atoms. The van der Waals surface area contributed by atoms with Crippen LogP contribution < -0.4 is 0 Å². The Morgan fingerprint density at radius 3 is 2.47 bits per heavy atom. The summed E-state index contributed by atoms with van der Waals surface area (Å²) in [6.07, 6.45) is 9.04. The molecule has 1 fully saturated rings. The summed E-state index contributed by atoms with van der Waals surface area (Å²) in [7, 11) is 0. The van der Waals surface area contributed by atoms with Gasteiger partial charge >= 0.3 is 0 Å². The Bertz CT molecular complexity index is 414. The Labute approximate surface area is 117 Å². The lowest BCUT2D eigenvalue weighted by molar-refractivity contribution is -0.0328. The molecule has 0 radical (unpaired) electrons. The third kappa shape index (κ3) is 2.86. The number of aromatic nitrogens is 2. The lowest BCUT2D eigenvalue weighted by Crippen LogP contribution is -2.36. The Balaban J connectivity index is 2.05. The van der Waals surface area contributed by atoms with Gasteiger partial charge in [-0.3, -0.25) is 4.68 Å². The number of aliphatic hydroxyl groups is 1. The summed E-state index contributed by atoms with van der Waals surface area (Å²) in [6.45, 7) is 9.92. The first kappa shape index (κ1) is 14.6. The normalized spacial score (nSPS) is 28.6. The van der Waals surface area contributed by atoms with E-state index in [1.54, 1.807) is 0 Å². The lowest BCUT2D eigenvalue weighted by atomic mass is 9.65. The first-order valence-corrected chi connectivity index (χ1v) is 7.66. The van der Waals surface area contributed by atoms with Crippen LogP contribution >= 0.6 is 0 Å². The van der Waals surface area contributed by atoms with Gasteiger partial charge in [0.2, 0.25) is 0 Å². The number of nitrogens with zero attached hydrogens (tertiary/aromatic N) is 2. The van der Waals surface area contributed by atoms with Crippen LogP contribution in [0.2, 0.25) is 0 Å². The third-order valence-electron chi connectivity index (χ3n) is 5.32. The minimum absolute atomic E-state index is 0.398. The summed E-state index contributed by atoms with van der Waals surface area (Å²) in [6, 6.07) is 0. The number of rotatable bonds is 4. The fourth-order valence-corrected chi connectivity index (χ4v) is 3.23. The smallest absolute Gasteiger partial charge is 0.0927 e. The van der Waals surface area contributed by atoms with Gasteiger partial charge in [0, 0.05) is 18.3 Å². The number of aryl methyl sites for hydroxylation is 1. The van der Waals surface area contributed by atoms with Crippen LogP contribution in [0.15, 0.2) is 12.4 Å². The Morgan fingerprint density at radius 2 is 2.00 bits per heavy atom. The maximum Gasteiger partial charge on any atom is 0.0927 e. The highest BCUT2D eigenvalue weighted by atomic mass is 16.3. The highest BCUT2D eigenvalue weighted by Crippen LogP contribution is 2.46. The second kappa shape index (κ2) is 5.28. The van der Waals surface area contributed by atoms with Gasteiger partial charge in [-0.1, -0.05) is 27.2 Å². The molecular weight excluding hydrogens is 236 g/mol. The third-order valence-corrected chi connectivity index (χ3v) is 5.32. The summed E-state index contributed by atoms with van der Waals surface area (Å²) in [5.74, 6) is 0.735. The van der Waals surface area contributed by atoms with Gasteiger partial charge < -0.3 is 5.11 Å². The molecule has 108 valence electrons. The summed E-state index contributed by atoms with van der Waals surface area (Å²) < 4.78 is 1.90. The van der Waals surface area contributed by atoms with E-state index in [1.165, 1.54) is 6.42 Å². The molecule has 3 heteroatoms. The second-order valence-corrected chi connectivity index (χ2v) is 6.73.